The van der Waals surface area contributed by atoms with Crippen LogP contribution in [0.2, 0.25) is 0 Å². The van der Waals surface area contributed by atoms with Gasteiger partial charge in [0.25, 0.3) is 5.91 Å². The summed E-state index contributed by atoms with van der Waals surface area (Å²) in [6.07, 6.45) is 3.68. The number of aromatic nitrogens is 5. The van der Waals surface area contributed by atoms with E-state index in [0.717, 1.165) is 29.9 Å². The van der Waals surface area contributed by atoms with Crippen molar-refractivity contribution >= 4 is 16.9 Å². The second-order valence-electron chi connectivity index (χ2n) is 8.02. The van der Waals surface area contributed by atoms with Crippen molar-refractivity contribution in [3.05, 3.63) is 71.1 Å². The molecule has 3 aromatic heterocycles. The molecule has 0 saturated heterocycles. The maximum atomic E-state index is 14.4. The predicted octanol–water partition coefficient (Wildman–Crippen LogP) is 3.68. The summed E-state index contributed by atoms with van der Waals surface area (Å²) in [5, 5.41) is 12.4. The number of hydrogen-bond donors (Lipinski definition) is 1. The maximum absolute atomic E-state index is 14.4. The Morgan fingerprint density at radius 1 is 1.23 bits per heavy atom. The van der Waals surface area contributed by atoms with Gasteiger partial charge in [-0.1, -0.05) is 12.1 Å². The van der Waals surface area contributed by atoms with Crippen LogP contribution in [0.5, 0.6) is 0 Å². The molecule has 8 heteroatoms. The first-order valence-electron chi connectivity index (χ1n) is 10.4. The summed E-state index contributed by atoms with van der Waals surface area (Å²) in [6, 6.07) is 10.3. The summed E-state index contributed by atoms with van der Waals surface area (Å²) >= 11 is 0. The minimum atomic E-state index is -0.387. The van der Waals surface area contributed by atoms with Crippen LogP contribution in [0.1, 0.15) is 46.2 Å². The molecule has 31 heavy (non-hydrogen) atoms. The van der Waals surface area contributed by atoms with E-state index in [4.69, 9.17) is 4.98 Å². The van der Waals surface area contributed by atoms with Gasteiger partial charge in [-0.3, -0.25) is 9.48 Å². The summed E-state index contributed by atoms with van der Waals surface area (Å²) < 4.78 is 17.8. The molecule has 1 N–H and O–H groups in total. The van der Waals surface area contributed by atoms with Crippen LogP contribution >= 0.6 is 0 Å². The van der Waals surface area contributed by atoms with Crippen molar-refractivity contribution in [2.45, 2.75) is 39.2 Å². The first kappa shape index (κ1) is 19.4. The van der Waals surface area contributed by atoms with Crippen molar-refractivity contribution in [2.24, 2.45) is 0 Å². The normalized spacial score (nSPS) is 13.6. The van der Waals surface area contributed by atoms with E-state index in [1.165, 1.54) is 10.7 Å². The lowest BCUT2D eigenvalue weighted by molar-refractivity contribution is 0.0953. The highest BCUT2D eigenvalue weighted by atomic mass is 19.1. The number of pyridine rings is 1. The van der Waals surface area contributed by atoms with Gasteiger partial charge in [0.05, 0.1) is 29.4 Å². The zero-order chi connectivity index (χ0) is 21.5. The van der Waals surface area contributed by atoms with Gasteiger partial charge in [0, 0.05) is 23.9 Å². The van der Waals surface area contributed by atoms with Crippen molar-refractivity contribution in [1.29, 1.82) is 0 Å². The number of fused-ring (bicyclic) bond motifs is 1. The highest BCUT2D eigenvalue weighted by molar-refractivity contribution is 6.05. The predicted molar refractivity (Wildman–Crippen MR) is 115 cm³/mol. The number of amides is 1. The summed E-state index contributed by atoms with van der Waals surface area (Å²) in [7, 11) is 0. The Kier molecular flexibility index (Phi) is 4.77. The first-order valence-corrected chi connectivity index (χ1v) is 10.4. The van der Waals surface area contributed by atoms with Gasteiger partial charge in [0.2, 0.25) is 0 Å². The molecule has 0 bridgehead atoms. The SMILES string of the molecule is Cc1cc(C)n(CCNC(=O)c2cc(C3CC3)nc3c2cnn3-c2ccccc2F)n1. The number of halogens is 1. The fourth-order valence-corrected chi connectivity index (χ4v) is 3.87. The van der Waals surface area contributed by atoms with Crippen molar-refractivity contribution in [2.75, 3.05) is 6.54 Å². The number of benzene rings is 1. The molecule has 3 heterocycles. The van der Waals surface area contributed by atoms with E-state index >= 15 is 0 Å². The minimum absolute atomic E-state index is 0.191. The molecule has 0 aliphatic heterocycles. The van der Waals surface area contributed by atoms with E-state index in [2.05, 4.69) is 15.5 Å². The molecule has 1 aliphatic carbocycles. The maximum Gasteiger partial charge on any atom is 0.252 e. The molecule has 158 valence electrons. The molecule has 0 atom stereocenters. The molecule has 1 saturated carbocycles. The van der Waals surface area contributed by atoms with Crippen LogP contribution in [-0.4, -0.2) is 37.0 Å². The molecule has 0 radical (unpaired) electrons. The van der Waals surface area contributed by atoms with Crippen LogP contribution in [-0.2, 0) is 6.54 Å². The fourth-order valence-electron chi connectivity index (χ4n) is 3.87. The average molecular weight is 418 g/mol. The number of hydrogen-bond acceptors (Lipinski definition) is 4. The number of para-hydroxylation sites is 1. The number of nitrogens with one attached hydrogen (secondary N) is 1. The van der Waals surface area contributed by atoms with E-state index in [0.29, 0.717) is 41.3 Å². The van der Waals surface area contributed by atoms with Crippen LogP contribution in [0.15, 0.2) is 42.6 Å². The first-order chi connectivity index (χ1) is 15.0. The fraction of sp³-hybridized carbons (Fsp3) is 0.304. The van der Waals surface area contributed by atoms with E-state index in [1.807, 2.05) is 30.7 Å². The number of carbonyl (C=O) groups is 1. The van der Waals surface area contributed by atoms with Gasteiger partial charge in [-0.2, -0.15) is 10.2 Å². The van der Waals surface area contributed by atoms with Crippen LogP contribution in [0.25, 0.3) is 16.7 Å². The molecule has 1 aliphatic rings. The zero-order valence-corrected chi connectivity index (χ0v) is 17.5. The van der Waals surface area contributed by atoms with Gasteiger partial charge in [-0.15, -0.1) is 0 Å². The second kappa shape index (κ2) is 7.61. The highest BCUT2D eigenvalue weighted by Crippen LogP contribution is 2.40. The van der Waals surface area contributed by atoms with Gasteiger partial charge >= 0.3 is 0 Å². The van der Waals surface area contributed by atoms with Gasteiger partial charge < -0.3 is 5.32 Å². The van der Waals surface area contributed by atoms with E-state index in [1.54, 1.807) is 24.4 Å². The largest absolute Gasteiger partial charge is 0.350 e. The molecule has 1 fully saturated rings. The minimum Gasteiger partial charge on any atom is -0.350 e. The topological polar surface area (TPSA) is 77.6 Å². The summed E-state index contributed by atoms with van der Waals surface area (Å²) in [6.45, 7) is 4.98. The molecular formula is C23H23FN6O. The van der Waals surface area contributed by atoms with Gasteiger partial charge in [0.1, 0.15) is 11.5 Å². The van der Waals surface area contributed by atoms with Gasteiger partial charge in [-0.05, 0) is 51.0 Å². The molecule has 0 spiro atoms. The second-order valence-corrected chi connectivity index (χ2v) is 8.02. The van der Waals surface area contributed by atoms with Crippen LogP contribution < -0.4 is 5.32 Å². The lowest BCUT2D eigenvalue weighted by Gasteiger charge is -2.10. The third-order valence-corrected chi connectivity index (χ3v) is 5.59. The van der Waals surface area contributed by atoms with Crippen molar-refractivity contribution in [1.82, 2.24) is 29.9 Å². The molecule has 7 nitrogen and oxygen atoms in total. The smallest absolute Gasteiger partial charge is 0.252 e. The quantitative estimate of drug-likeness (QED) is 0.518. The molecule has 0 unspecified atom stereocenters. The Balaban J connectivity index is 1.47. The Morgan fingerprint density at radius 2 is 2.03 bits per heavy atom. The summed E-state index contributed by atoms with van der Waals surface area (Å²) in [4.78, 5) is 17.8. The lowest BCUT2D eigenvalue weighted by atomic mass is 10.1. The Labute approximate surface area is 178 Å². The Morgan fingerprint density at radius 3 is 2.74 bits per heavy atom. The number of aryl methyl sites for hydroxylation is 2. The van der Waals surface area contributed by atoms with Gasteiger partial charge in [0.15, 0.2) is 5.65 Å². The summed E-state index contributed by atoms with van der Waals surface area (Å²) in [5.41, 5.74) is 4.19. The Hall–Kier alpha value is -3.55. The van der Waals surface area contributed by atoms with Crippen molar-refractivity contribution < 1.29 is 9.18 Å². The van der Waals surface area contributed by atoms with Crippen molar-refractivity contribution in [3.63, 3.8) is 0 Å². The zero-order valence-electron chi connectivity index (χ0n) is 17.5. The highest BCUT2D eigenvalue weighted by Gasteiger charge is 2.28. The third kappa shape index (κ3) is 3.69. The van der Waals surface area contributed by atoms with Crippen LogP contribution in [0, 0.1) is 19.7 Å². The molecular weight excluding hydrogens is 395 g/mol. The third-order valence-electron chi connectivity index (χ3n) is 5.59. The molecule has 5 rings (SSSR count). The van der Waals surface area contributed by atoms with Crippen LogP contribution in [0.3, 0.4) is 0 Å². The number of carbonyl (C=O) groups excluding carboxylic acids is 1. The average Bonchev–Trinajstić information content (AvgIpc) is 3.44. The molecule has 1 aromatic carbocycles. The van der Waals surface area contributed by atoms with Crippen molar-refractivity contribution in [3.8, 4) is 5.69 Å². The van der Waals surface area contributed by atoms with Gasteiger partial charge in [-0.25, -0.2) is 14.1 Å². The summed E-state index contributed by atoms with van der Waals surface area (Å²) in [5.74, 6) is -0.236. The number of nitrogens with zero attached hydrogens (tertiary/aromatic N) is 5. The lowest BCUT2D eigenvalue weighted by Crippen LogP contribution is -2.28. The molecule has 4 aromatic rings. The van der Waals surface area contributed by atoms with E-state index < -0.39 is 0 Å². The monoisotopic (exact) mass is 418 g/mol. The standard InChI is InChI=1S/C23H23FN6O/c1-14-11-15(2)29(28-14)10-9-25-23(31)17-12-20(16-7-8-16)27-22-18(17)13-26-30(22)21-6-4-3-5-19(21)24/h3-6,11-13,16H,7-10H2,1-2H3,(H,25,31). The van der Waals surface area contributed by atoms with Crippen LogP contribution in [0.4, 0.5) is 4.39 Å². The van der Waals surface area contributed by atoms with E-state index in [9.17, 15) is 9.18 Å². The van der Waals surface area contributed by atoms with E-state index in [-0.39, 0.29) is 11.7 Å². The molecule has 1 amide bonds. The Bertz CT molecular complexity index is 1290. The number of rotatable bonds is 6.